The molecule has 0 saturated carbocycles. The van der Waals surface area contributed by atoms with Crippen LogP contribution in [0.1, 0.15) is 65.4 Å². The van der Waals surface area contributed by atoms with Gasteiger partial charge in [0.25, 0.3) is 5.97 Å². The largest absolute Gasteiger partial charge is 0.328 e. The third kappa shape index (κ3) is 7.29. The summed E-state index contributed by atoms with van der Waals surface area (Å²) in [4.78, 5) is 0. The van der Waals surface area contributed by atoms with Crippen molar-refractivity contribution in [1.29, 1.82) is 0 Å². The summed E-state index contributed by atoms with van der Waals surface area (Å²) in [7, 11) is 0. The van der Waals surface area contributed by atoms with Crippen LogP contribution in [0, 0.1) is 17.6 Å². The summed E-state index contributed by atoms with van der Waals surface area (Å²) in [6, 6.07) is 4.14. The molecule has 0 aliphatic carbocycles. The fourth-order valence-corrected chi connectivity index (χ4v) is 3.16. The zero-order valence-electron chi connectivity index (χ0n) is 16.7. The number of unbranched alkanes of at least 4 members (excludes halogenated alkanes) is 3. The SMILES string of the molecule is CCOC(OCC)(OCC)C(C)CCCCCCc1ccc(F)c(F)c1. The van der Waals surface area contributed by atoms with Crippen molar-refractivity contribution >= 4 is 0 Å². The first kappa shape index (κ1) is 23.0. The molecule has 0 aliphatic rings. The Morgan fingerprint density at radius 1 is 0.846 bits per heavy atom. The molecule has 0 radical (unpaired) electrons. The zero-order chi connectivity index (χ0) is 19.4. The smallest absolute Gasteiger partial charge is 0.285 e. The maximum absolute atomic E-state index is 13.2. The second-order valence-corrected chi connectivity index (χ2v) is 6.50. The first-order chi connectivity index (χ1) is 12.5. The van der Waals surface area contributed by atoms with Crippen LogP contribution in [-0.4, -0.2) is 25.8 Å². The van der Waals surface area contributed by atoms with E-state index in [2.05, 4.69) is 6.92 Å². The number of aryl methyl sites for hydroxylation is 1. The van der Waals surface area contributed by atoms with Gasteiger partial charge in [0.1, 0.15) is 0 Å². The molecule has 0 bridgehead atoms. The summed E-state index contributed by atoms with van der Waals surface area (Å²) in [5.74, 6) is -2.38. The van der Waals surface area contributed by atoms with E-state index in [1.165, 1.54) is 12.1 Å². The lowest BCUT2D eigenvalue weighted by molar-refractivity contribution is -0.400. The summed E-state index contributed by atoms with van der Waals surface area (Å²) in [5.41, 5.74) is 0.848. The Balaban J connectivity index is 2.34. The lowest BCUT2D eigenvalue weighted by atomic mass is 9.98. The molecule has 0 fully saturated rings. The average Bonchev–Trinajstić information content (AvgIpc) is 2.61. The highest BCUT2D eigenvalue weighted by molar-refractivity contribution is 5.17. The van der Waals surface area contributed by atoms with E-state index >= 15 is 0 Å². The number of hydrogen-bond donors (Lipinski definition) is 0. The van der Waals surface area contributed by atoms with Gasteiger partial charge in [-0.1, -0.05) is 32.3 Å². The maximum atomic E-state index is 13.2. The van der Waals surface area contributed by atoms with Crippen LogP contribution in [0.15, 0.2) is 18.2 Å². The van der Waals surface area contributed by atoms with Crippen molar-refractivity contribution in [3.05, 3.63) is 35.4 Å². The third-order valence-electron chi connectivity index (χ3n) is 4.48. The van der Waals surface area contributed by atoms with E-state index in [1.807, 2.05) is 20.8 Å². The highest BCUT2D eigenvalue weighted by Gasteiger charge is 2.38. The Morgan fingerprint density at radius 3 is 1.96 bits per heavy atom. The predicted molar refractivity (Wildman–Crippen MR) is 99.9 cm³/mol. The summed E-state index contributed by atoms with van der Waals surface area (Å²) < 4.78 is 43.6. The second-order valence-electron chi connectivity index (χ2n) is 6.50. The quantitative estimate of drug-likeness (QED) is 0.302. The van der Waals surface area contributed by atoms with E-state index in [1.54, 1.807) is 6.07 Å². The van der Waals surface area contributed by atoms with Gasteiger partial charge in [0.15, 0.2) is 11.6 Å². The fraction of sp³-hybridized carbons (Fsp3) is 0.714. The standard InChI is InChI=1S/C21H34F2O3/c1-5-24-21(25-6-2,26-7-3)17(4)12-10-8-9-11-13-18-14-15-19(22)20(23)16-18/h14-17H,5-13H2,1-4H3. The minimum Gasteiger partial charge on any atom is -0.328 e. The van der Waals surface area contributed by atoms with Gasteiger partial charge in [-0.2, -0.15) is 0 Å². The monoisotopic (exact) mass is 372 g/mol. The molecule has 0 heterocycles. The Kier molecular flexibility index (Phi) is 10.9. The molecule has 3 nitrogen and oxygen atoms in total. The first-order valence-corrected chi connectivity index (χ1v) is 9.84. The molecule has 0 saturated heterocycles. The molecular weight excluding hydrogens is 338 g/mol. The van der Waals surface area contributed by atoms with E-state index in [4.69, 9.17) is 14.2 Å². The fourth-order valence-electron chi connectivity index (χ4n) is 3.16. The molecule has 0 aliphatic heterocycles. The highest BCUT2D eigenvalue weighted by Crippen LogP contribution is 2.30. The number of halogens is 2. The van der Waals surface area contributed by atoms with Crippen LogP contribution in [0.2, 0.25) is 0 Å². The average molecular weight is 372 g/mol. The Morgan fingerprint density at radius 2 is 1.42 bits per heavy atom. The topological polar surface area (TPSA) is 27.7 Å². The van der Waals surface area contributed by atoms with E-state index in [0.29, 0.717) is 19.8 Å². The Bertz CT molecular complexity index is 491. The Hall–Kier alpha value is -1.04. The molecule has 26 heavy (non-hydrogen) atoms. The van der Waals surface area contributed by atoms with Crippen LogP contribution in [0.5, 0.6) is 0 Å². The molecule has 1 unspecified atom stereocenters. The molecule has 0 spiro atoms. The molecule has 1 aromatic rings. The van der Waals surface area contributed by atoms with Crippen LogP contribution in [0.3, 0.4) is 0 Å². The second kappa shape index (κ2) is 12.4. The van der Waals surface area contributed by atoms with Gasteiger partial charge in [-0.25, -0.2) is 8.78 Å². The number of benzene rings is 1. The van der Waals surface area contributed by atoms with E-state index in [9.17, 15) is 8.78 Å². The van der Waals surface area contributed by atoms with Crippen molar-refractivity contribution in [2.24, 2.45) is 5.92 Å². The first-order valence-electron chi connectivity index (χ1n) is 9.84. The molecule has 1 atom stereocenters. The summed E-state index contributed by atoms with van der Waals surface area (Å²) in [6.07, 6.45) is 5.87. The molecule has 5 heteroatoms. The lowest BCUT2D eigenvalue weighted by Gasteiger charge is -2.37. The zero-order valence-corrected chi connectivity index (χ0v) is 16.7. The highest BCUT2D eigenvalue weighted by atomic mass is 19.2. The van der Waals surface area contributed by atoms with Gasteiger partial charge in [0.05, 0.1) is 0 Å². The van der Waals surface area contributed by atoms with Crippen LogP contribution in [0.25, 0.3) is 0 Å². The summed E-state index contributed by atoms with van der Waals surface area (Å²) in [6.45, 7) is 9.55. The van der Waals surface area contributed by atoms with Gasteiger partial charge in [0, 0.05) is 25.7 Å². The van der Waals surface area contributed by atoms with Crippen LogP contribution in [-0.2, 0) is 20.6 Å². The molecule has 150 valence electrons. The number of hydrogen-bond acceptors (Lipinski definition) is 3. The van der Waals surface area contributed by atoms with Gasteiger partial charge in [-0.15, -0.1) is 0 Å². The van der Waals surface area contributed by atoms with E-state index in [0.717, 1.165) is 44.1 Å². The van der Waals surface area contributed by atoms with Crippen molar-refractivity contribution in [1.82, 2.24) is 0 Å². The van der Waals surface area contributed by atoms with Crippen LogP contribution < -0.4 is 0 Å². The van der Waals surface area contributed by atoms with Crippen molar-refractivity contribution in [2.75, 3.05) is 19.8 Å². The molecule has 0 N–H and O–H groups in total. The van der Waals surface area contributed by atoms with Gasteiger partial charge in [-0.3, -0.25) is 0 Å². The van der Waals surface area contributed by atoms with Crippen molar-refractivity contribution in [3.63, 3.8) is 0 Å². The van der Waals surface area contributed by atoms with Gasteiger partial charge >= 0.3 is 0 Å². The van der Waals surface area contributed by atoms with Gasteiger partial charge in [0.2, 0.25) is 0 Å². The molecule has 0 aromatic heterocycles. The molecule has 1 aromatic carbocycles. The van der Waals surface area contributed by atoms with Crippen molar-refractivity contribution < 1.29 is 23.0 Å². The van der Waals surface area contributed by atoms with Crippen LogP contribution >= 0.6 is 0 Å². The molecular formula is C21H34F2O3. The van der Waals surface area contributed by atoms with Crippen molar-refractivity contribution in [3.8, 4) is 0 Å². The van der Waals surface area contributed by atoms with Crippen molar-refractivity contribution in [2.45, 2.75) is 72.2 Å². The number of rotatable bonds is 14. The third-order valence-corrected chi connectivity index (χ3v) is 4.48. The minimum absolute atomic E-state index is 0.133. The lowest BCUT2D eigenvalue weighted by Crippen LogP contribution is -2.45. The molecule has 1 rings (SSSR count). The predicted octanol–water partition coefficient (Wildman–Crippen LogP) is 5.86. The summed E-state index contributed by atoms with van der Waals surface area (Å²) >= 11 is 0. The van der Waals surface area contributed by atoms with E-state index in [-0.39, 0.29) is 5.92 Å². The maximum Gasteiger partial charge on any atom is 0.285 e. The number of ether oxygens (including phenoxy) is 3. The normalized spacial score (nSPS) is 13.2. The van der Waals surface area contributed by atoms with E-state index < -0.39 is 17.6 Å². The molecule has 0 amide bonds. The Labute approximate surface area is 157 Å². The minimum atomic E-state index is -0.954. The summed E-state index contributed by atoms with van der Waals surface area (Å²) in [5, 5.41) is 0. The van der Waals surface area contributed by atoms with Crippen LogP contribution in [0.4, 0.5) is 8.78 Å². The van der Waals surface area contributed by atoms with Gasteiger partial charge < -0.3 is 14.2 Å². The van der Waals surface area contributed by atoms with Gasteiger partial charge in [-0.05, 0) is 57.7 Å².